The molecule has 142 valence electrons. The summed E-state index contributed by atoms with van der Waals surface area (Å²) in [6.45, 7) is 1.56. The first kappa shape index (κ1) is 19.7. The van der Waals surface area contributed by atoms with Crippen LogP contribution in [0, 0.1) is 5.92 Å². The van der Waals surface area contributed by atoms with Gasteiger partial charge in [-0.2, -0.15) is 13.2 Å². The Hall–Kier alpha value is -2.58. The third-order valence-electron chi connectivity index (χ3n) is 4.08. The third kappa shape index (κ3) is 4.74. The van der Waals surface area contributed by atoms with E-state index in [1.807, 2.05) is 0 Å². The quantitative estimate of drug-likeness (QED) is 0.825. The molecule has 0 radical (unpaired) electrons. The summed E-state index contributed by atoms with van der Waals surface area (Å²) in [6, 6.07) is 6.33. The average molecular weight is 372 g/mol. The minimum Gasteiger partial charge on any atom is -0.462 e. The standard InChI is InChI=1S/C17H19F3N2O4/c1-2-26-15(24)12-5-3-4-6-13(12)21-14(23)11-7-9-22(10-8-11)16(25)17(18,19)20/h3-6,11H,2,7-10H2,1H3,(H,21,23). The molecule has 9 heteroatoms. The summed E-state index contributed by atoms with van der Waals surface area (Å²) in [7, 11) is 0. The van der Waals surface area contributed by atoms with Crippen molar-refractivity contribution in [2.75, 3.05) is 25.0 Å². The molecule has 1 aromatic rings. The first-order chi connectivity index (χ1) is 12.2. The zero-order valence-electron chi connectivity index (χ0n) is 14.1. The monoisotopic (exact) mass is 372 g/mol. The van der Waals surface area contributed by atoms with Gasteiger partial charge in [0.1, 0.15) is 0 Å². The van der Waals surface area contributed by atoms with E-state index in [-0.39, 0.29) is 43.8 Å². The lowest BCUT2D eigenvalue weighted by Crippen LogP contribution is -2.46. The van der Waals surface area contributed by atoms with Crippen molar-refractivity contribution in [1.29, 1.82) is 0 Å². The molecule has 1 aliphatic heterocycles. The van der Waals surface area contributed by atoms with Crippen LogP contribution in [0.4, 0.5) is 18.9 Å². The Morgan fingerprint density at radius 2 is 1.81 bits per heavy atom. The van der Waals surface area contributed by atoms with Crippen LogP contribution in [0.25, 0.3) is 0 Å². The minimum atomic E-state index is -4.91. The first-order valence-electron chi connectivity index (χ1n) is 8.17. The van der Waals surface area contributed by atoms with Gasteiger partial charge in [0.25, 0.3) is 0 Å². The highest BCUT2D eigenvalue weighted by Crippen LogP contribution is 2.25. The van der Waals surface area contributed by atoms with E-state index in [4.69, 9.17) is 4.74 Å². The molecule has 0 saturated carbocycles. The lowest BCUT2D eigenvalue weighted by molar-refractivity contribution is -0.186. The molecule has 1 fully saturated rings. The normalized spacial score (nSPS) is 15.5. The third-order valence-corrected chi connectivity index (χ3v) is 4.08. The van der Waals surface area contributed by atoms with E-state index >= 15 is 0 Å². The highest BCUT2D eigenvalue weighted by Gasteiger charge is 2.43. The average Bonchev–Trinajstić information content (AvgIpc) is 2.61. The van der Waals surface area contributed by atoms with Crippen molar-refractivity contribution in [2.24, 2.45) is 5.92 Å². The van der Waals surface area contributed by atoms with Crippen molar-refractivity contribution < 1.29 is 32.3 Å². The van der Waals surface area contributed by atoms with Gasteiger partial charge in [-0.15, -0.1) is 0 Å². The van der Waals surface area contributed by atoms with Gasteiger partial charge in [0.15, 0.2) is 0 Å². The predicted molar refractivity (Wildman–Crippen MR) is 86.4 cm³/mol. The molecule has 2 rings (SSSR count). The number of carbonyl (C=O) groups excluding carboxylic acids is 3. The number of anilines is 1. The van der Waals surface area contributed by atoms with Crippen LogP contribution < -0.4 is 5.32 Å². The second kappa shape index (κ2) is 8.20. The Morgan fingerprint density at radius 1 is 1.19 bits per heavy atom. The molecule has 0 spiro atoms. The SMILES string of the molecule is CCOC(=O)c1ccccc1NC(=O)C1CCN(C(=O)C(F)(F)F)CC1. The van der Waals surface area contributed by atoms with Gasteiger partial charge in [0.2, 0.25) is 5.91 Å². The topological polar surface area (TPSA) is 75.7 Å². The molecule has 6 nitrogen and oxygen atoms in total. The number of para-hydroxylation sites is 1. The summed E-state index contributed by atoms with van der Waals surface area (Å²) >= 11 is 0. The lowest BCUT2D eigenvalue weighted by atomic mass is 9.95. The van der Waals surface area contributed by atoms with Crippen molar-refractivity contribution >= 4 is 23.5 Å². The number of hydrogen-bond acceptors (Lipinski definition) is 4. The van der Waals surface area contributed by atoms with Crippen molar-refractivity contribution in [2.45, 2.75) is 25.9 Å². The number of nitrogens with one attached hydrogen (secondary N) is 1. The van der Waals surface area contributed by atoms with Gasteiger partial charge in [-0.1, -0.05) is 12.1 Å². The molecule has 2 amide bonds. The number of piperidine rings is 1. The van der Waals surface area contributed by atoms with Gasteiger partial charge < -0.3 is 15.0 Å². The van der Waals surface area contributed by atoms with Gasteiger partial charge in [-0.25, -0.2) is 4.79 Å². The Bertz CT molecular complexity index is 683. The van der Waals surface area contributed by atoms with Gasteiger partial charge >= 0.3 is 18.1 Å². The largest absolute Gasteiger partial charge is 0.471 e. The number of carbonyl (C=O) groups is 3. The highest BCUT2D eigenvalue weighted by molar-refractivity contribution is 6.01. The number of amides is 2. The maximum Gasteiger partial charge on any atom is 0.471 e. The number of esters is 1. The van der Waals surface area contributed by atoms with Gasteiger partial charge in [0.05, 0.1) is 17.9 Å². The Kier molecular flexibility index (Phi) is 6.23. The Labute approximate surface area is 148 Å². The minimum absolute atomic E-state index is 0.120. The van der Waals surface area contributed by atoms with E-state index in [2.05, 4.69) is 5.32 Å². The highest BCUT2D eigenvalue weighted by atomic mass is 19.4. The van der Waals surface area contributed by atoms with E-state index < -0.39 is 29.9 Å². The van der Waals surface area contributed by atoms with E-state index in [1.54, 1.807) is 25.1 Å². The molecule has 26 heavy (non-hydrogen) atoms. The Balaban J connectivity index is 1.98. The van der Waals surface area contributed by atoms with Crippen LogP contribution in [0.15, 0.2) is 24.3 Å². The summed E-state index contributed by atoms with van der Waals surface area (Å²) in [5, 5.41) is 2.63. The molecule has 0 aliphatic carbocycles. The smallest absolute Gasteiger partial charge is 0.462 e. The Morgan fingerprint density at radius 3 is 2.38 bits per heavy atom. The number of likely N-dealkylation sites (tertiary alicyclic amines) is 1. The number of benzene rings is 1. The van der Waals surface area contributed by atoms with E-state index in [0.717, 1.165) is 0 Å². The molecular weight excluding hydrogens is 353 g/mol. The van der Waals surface area contributed by atoms with Crippen LogP contribution in [0.5, 0.6) is 0 Å². The molecule has 0 bridgehead atoms. The first-order valence-corrected chi connectivity index (χ1v) is 8.17. The van der Waals surface area contributed by atoms with Crippen LogP contribution in [0.3, 0.4) is 0 Å². The van der Waals surface area contributed by atoms with Crippen molar-refractivity contribution in [3.63, 3.8) is 0 Å². The summed E-state index contributed by atoms with van der Waals surface area (Å²) < 4.78 is 42.3. The van der Waals surface area contributed by atoms with Crippen LogP contribution in [0.1, 0.15) is 30.1 Å². The van der Waals surface area contributed by atoms with Crippen molar-refractivity contribution in [3.05, 3.63) is 29.8 Å². The molecule has 1 aliphatic rings. The molecule has 0 atom stereocenters. The molecule has 1 aromatic carbocycles. The number of alkyl halides is 3. The van der Waals surface area contributed by atoms with Crippen LogP contribution in [-0.4, -0.2) is 48.6 Å². The maximum absolute atomic E-state index is 12.4. The molecular formula is C17H19F3N2O4. The number of halogens is 3. The molecule has 1 N–H and O–H groups in total. The van der Waals surface area contributed by atoms with Crippen LogP contribution in [0.2, 0.25) is 0 Å². The summed E-state index contributed by atoms with van der Waals surface area (Å²) in [5.74, 6) is -3.40. The number of rotatable bonds is 4. The van der Waals surface area contributed by atoms with E-state index in [1.165, 1.54) is 6.07 Å². The number of hydrogen-bond donors (Lipinski definition) is 1. The molecule has 1 saturated heterocycles. The second-order valence-electron chi connectivity index (χ2n) is 5.82. The predicted octanol–water partition coefficient (Wildman–Crippen LogP) is 2.60. The molecule has 1 heterocycles. The van der Waals surface area contributed by atoms with Crippen LogP contribution in [-0.2, 0) is 14.3 Å². The number of ether oxygens (including phenoxy) is 1. The summed E-state index contributed by atoms with van der Waals surface area (Å²) in [4.78, 5) is 36.2. The van der Waals surface area contributed by atoms with Gasteiger partial charge in [-0.3, -0.25) is 9.59 Å². The zero-order valence-corrected chi connectivity index (χ0v) is 14.1. The fourth-order valence-corrected chi connectivity index (χ4v) is 2.74. The zero-order chi connectivity index (χ0) is 19.3. The fraction of sp³-hybridized carbons (Fsp3) is 0.471. The van der Waals surface area contributed by atoms with Crippen molar-refractivity contribution in [1.82, 2.24) is 4.90 Å². The van der Waals surface area contributed by atoms with Gasteiger partial charge in [0, 0.05) is 19.0 Å². The number of nitrogens with zero attached hydrogens (tertiary/aromatic N) is 1. The second-order valence-corrected chi connectivity index (χ2v) is 5.82. The lowest BCUT2D eigenvalue weighted by Gasteiger charge is -2.31. The van der Waals surface area contributed by atoms with E-state index in [0.29, 0.717) is 4.90 Å². The van der Waals surface area contributed by atoms with Crippen molar-refractivity contribution in [3.8, 4) is 0 Å². The van der Waals surface area contributed by atoms with Crippen LogP contribution >= 0.6 is 0 Å². The maximum atomic E-state index is 12.4. The fourth-order valence-electron chi connectivity index (χ4n) is 2.74. The summed E-state index contributed by atoms with van der Waals surface area (Å²) in [6.07, 6.45) is -4.67. The van der Waals surface area contributed by atoms with Gasteiger partial charge in [-0.05, 0) is 31.9 Å². The van der Waals surface area contributed by atoms with E-state index in [9.17, 15) is 27.6 Å². The molecule has 0 unspecified atom stereocenters. The molecule has 0 aromatic heterocycles. The summed E-state index contributed by atoms with van der Waals surface area (Å²) in [5.41, 5.74) is 0.483.